The van der Waals surface area contributed by atoms with Gasteiger partial charge >= 0.3 is 0 Å². The van der Waals surface area contributed by atoms with Gasteiger partial charge in [0.2, 0.25) is 0 Å². The van der Waals surface area contributed by atoms with E-state index in [4.69, 9.17) is 9.90 Å². The lowest BCUT2D eigenvalue weighted by molar-refractivity contribution is -0.122. The molecule has 11 heteroatoms. The first-order valence-electron chi connectivity index (χ1n) is 15.7. The molecular weight excluding hydrogens is 638 g/mol. The maximum Gasteiger partial charge on any atom is 0.290 e. The van der Waals surface area contributed by atoms with Crippen molar-refractivity contribution in [3.05, 3.63) is 136 Å². The number of benzene rings is 4. The minimum absolute atomic E-state index is 0.0236. The van der Waals surface area contributed by atoms with Crippen molar-refractivity contribution in [2.24, 2.45) is 0 Å². The molecule has 5 rings (SSSR count). The minimum atomic E-state index is -3.62. The molecule has 4 aromatic rings. The highest BCUT2D eigenvalue weighted by Gasteiger charge is 2.31. The smallest absolute Gasteiger partial charge is 0.290 e. The van der Waals surface area contributed by atoms with Crippen molar-refractivity contribution in [3.63, 3.8) is 0 Å². The zero-order chi connectivity index (χ0) is 34.7. The van der Waals surface area contributed by atoms with Gasteiger partial charge in [-0.3, -0.25) is 9.59 Å². The zero-order valence-corrected chi connectivity index (χ0v) is 27.4. The van der Waals surface area contributed by atoms with E-state index in [9.17, 15) is 27.1 Å². The molecule has 8 nitrogen and oxygen atoms in total. The third-order valence-electron chi connectivity index (χ3n) is 8.43. The van der Waals surface area contributed by atoms with Crippen LogP contribution in [0.15, 0.2) is 95.9 Å². The second-order valence-electron chi connectivity index (χ2n) is 11.7. The molecule has 1 aliphatic carbocycles. The standard InChI is InChI=1S/C36H38F2N2O4S.CH2O2/c1-2-24-6-5-7-25(16-24)22-39-23-35(41)34(19-26-17-30(37)21-31(38)18-26)40-36(42)28-11-13-32(14-12-28)45(43,44)33-15-10-27-8-3-4-9-29(27)20-33;2-1-3/h3-9,11-14,16-18,21,33-35,39,41H,2,10,15,19-20,22-23H2,1H3,(H,40,42);1H,(H,2,3)/t33?,34-,35+;/m0./s1. The molecule has 0 spiro atoms. The van der Waals surface area contributed by atoms with Gasteiger partial charge in [-0.25, -0.2) is 17.2 Å². The molecule has 0 aromatic heterocycles. The predicted molar refractivity (Wildman–Crippen MR) is 179 cm³/mol. The first-order chi connectivity index (χ1) is 23.0. The average Bonchev–Trinajstić information content (AvgIpc) is 3.07. The Bertz CT molecular complexity index is 1780. The van der Waals surface area contributed by atoms with E-state index >= 15 is 0 Å². The van der Waals surface area contributed by atoms with Crippen LogP contribution in [-0.2, 0) is 46.9 Å². The summed E-state index contributed by atoms with van der Waals surface area (Å²) in [7, 11) is -3.62. The summed E-state index contributed by atoms with van der Waals surface area (Å²) in [5.41, 5.74) is 4.94. The summed E-state index contributed by atoms with van der Waals surface area (Å²) in [4.78, 5) is 21.8. The summed E-state index contributed by atoms with van der Waals surface area (Å²) >= 11 is 0. The molecule has 4 aromatic carbocycles. The number of aliphatic hydroxyl groups excluding tert-OH is 1. The van der Waals surface area contributed by atoms with Crippen LogP contribution in [0.1, 0.15) is 51.5 Å². The van der Waals surface area contributed by atoms with Gasteiger partial charge in [-0.15, -0.1) is 0 Å². The second-order valence-corrected chi connectivity index (χ2v) is 14.0. The van der Waals surface area contributed by atoms with Crippen LogP contribution in [0.4, 0.5) is 8.78 Å². The molecule has 1 unspecified atom stereocenters. The van der Waals surface area contributed by atoms with Gasteiger partial charge in [0.25, 0.3) is 12.4 Å². The van der Waals surface area contributed by atoms with Gasteiger partial charge in [0.05, 0.1) is 22.3 Å². The van der Waals surface area contributed by atoms with Crippen molar-refractivity contribution in [2.45, 2.75) is 67.9 Å². The summed E-state index contributed by atoms with van der Waals surface area (Å²) in [6, 6.07) is 23.9. The predicted octanol–water partition coefficient (Wildman–Crippen LogP) is 5.05. The Morgan fingerprint density at radius 1 is 0.917 bits per heavy atom. The number of fused-ring (bicyclic) bond motifs is 1. The molecule has 0 fully saturated rings. The molecule has 3 atom stereocenters. The molecule has 0 radical (unpaired) electrons. The van der Waals surface area contributed by atoms with Crippen molar-refractivity contribution in [3.8, 4) is 0 Å². The van der Waals surface area contributed by atoms with Crippen LogP contribution < -0.4 is 10.6 Å². The van der Waals surface area contributed by atoms with Gasteiger partial charge in [-0.05, 0) is 96.3 Å². The molecule has 0 heterocycles. The molecule has 4 N–H and O–H groups in total. The topological polar surface area (TPSA) is 133 Å². The number of aryl methyl sites for hydroxylation is 2. The quantitative estimate of drug-likeness (QED) is 0.154. The average molecular weight is 679 g/mol. The van der Waals surface area contributed by atoms with Crippen LogP contribution in [-0.4, -0.2) is 55.0 Å². The number of hydrogen-bond donors (Lipinski definition) is 4. The highest BCUT2D eigenvalue weighted by atomic mass is 32.2. The number of amides is 1. The van der Waals surface area contributed by atoms with E-state index in [0.717, 1.165) is 23.6 Å². The first-order valence-corrected chi connectivity index (χ1v) is 17.3. The van der Waals surface area contributed by atoms with Gasteiger partial charge in [0.1, 0.15) is 11.6 Å². The Morgan fingerprint density at radius 2 is 1.56 bits per heavy atom. The molecule has 254 valence electrons. The zero-order valence-electron chi connectivity index (χ0n) is 26.6. The third-order valence-corrected chi connectivity index (χ3v) is 10.6. The maximum atomic E-state index is 13.9. The van der Waals surface area contributed by atoms with Crippen molar-refractivity contribution in [2.75, 3.05) is 6.54 Å². The Hall–Kier alpha value is -4.45. The number of sulfone groups is 1. The highest BCUT2D eigenvalue weighted by molar-refractivity contribution is 7.92. The van der Waals surface area contributed by atoms with Crippen LogP contribution in [0, 0.1) is 11.6 Å². The number of carbonyl (C=O) groups excluding carboxylic acids is 1. The number of halogens is 2. The fraction of sp³-hybridized carbons (Fsp3) is 0.297. The first kappa shape index (κ1) is 36.4. The van der Waals surface area contributed by atoms with E-state index < -0.39 is 44.8 Å². The summed E-state index contributed by atoms with van der Waals surface area (Å²) in [5.74, 6) is -2.05. The second kappa shape index (κ2) is 17.1. The lowest BCUT2D eigenvalue weighted by Gasteiger charge is -2.25. The summed E-state index contributed by atoms with van der Waals surface area (Å²) < 4.78 is 54.8. The van der Waals surface area contributed by atoms with Crippen LogP contribution >= 0.6 is 0 Å². The number of hydrogen-bond acceptors (Lipinski definition) is 6. The number of carbonyl (C=O) groups is 2. The van der Waals surface area contributed by atoms with E-state index in [1.165, 1.54) is 47.5 Å². The minimum Gasteiger partial charge on any atom is -0.483 e. The summed E-state index contributed by atoms with van der Waals surface area (Å²) in [6.07, 6.45) is 1.45. The molecule has 0 saturated heterocycles. The lowest BCUT2D eigenvalue weighted by atomic mass is 9.92. The van der Waals surface area contributed by atoms with Crippen molar-refractivity contribution in [1.82, 2.24) is 10.6 Å². The normalized spacial score (nSPS) is 15.3. The molecule has 0 aliphatic heterocycles. The van der Waals surface area contributed by atoms with Crippen LogP contribution in [0.3, 0.4) is 0 Å². The van der Waals surface area contributed by atoms with E-state index in [2.05, 4.69) is 23.6 Å². The fourth-order valence-electron chi connectivity index (χ4n) is 5.90. The van der Waals surface area contributed by atoms with Gasteiger partial charge in [-0.2, -0.15) is 0 Å². The van der Waals surface area contributed by atoms with Gasteiger partial charge in [0.15, 0.2) is 9.84 Å². The molecular formula is C37H40F2N2O6S. The number of aliphatic hydroxyl groups is 1. The Kier molecular flexibility index (Phi) is 13.0. The molecule has 48 heavy (non-hydrogen) atoms. The van der Waals surface area contributed by atoms with Crippen molar-refractivity contribution in [1.29, 1.82) is 0 Å². The highest BCUT2D eigenvalue weighted by Crippen LogP contribution is 2.29. The van der Waals surface area contributed by atoms with Crippen LogP contribution in [0.5, 0.6) is 0 Å². The molecule has 1 amide bonds. The number of nitrogens with one attached hydrogen (secondary N) is 2. The van der Waals surface area contributed by atoms with E-state index in [1.807, 2.05) is 42.5 Å². The molecule has 1 aliphatic rings. The van der Waals surface area contributed by atoms with Crippen LogP contribution in [0.2, 0.25) is 0 Å². The lowest BCUT2D eigenvalue weighted by Crippen LogP contribution is -2.48. The Morgan fingerprint density at radius 3 is 2.23 bits per heavy atom. The number of rotatable bonds is 12. The Balaban J connectivity index is 0.00000167. The maximum absolute atomic E-state index is 13.9. The molecule has 0 saturated carbocycles. The summed E-state index contributed by atoms with van der Waals surface area (Å²) in [6.45, 7) is 2.42. The number of carboxylic acid groups (broad SMARTS) is 1. The van der Waals surface area contributed by atoms with E-state index in [0.29, 0.717) is 25.8 Å². The van der Waals surface area contributed by atoms with Crippen molar-refractivity contribution < 1.29 is 37.0 Å². The summed E-state index contributed by atoms with van der Waals surface area (Å²) in [5, 5.41) is 23.4. The van der Waals surface area contributed by atoms with Gasteiger partial charge < -0.3 is 20.8 Å². The largest absolute Gasteiger partial charge is 0.483 e. The van der Waals surface area contributed by atoms with E-state index in [-0.39, 0.29) is 35.5 Å². The monoisotopic (exact) mass is 678 g/mol. The van der Waals surface area contributed by atoms with Crippen LogP contribution in [0.25, 0.3) is 0 Å². The SMILES string of the molecule is CCc1cccc(CNC[C@@H](O)[C@H](Cc2cc(F)cc(F)c2)NC(=O)c2ccc(S(=O)(=O)C3CCc4ccccc4C3)cc2)c1.O=CO. The molecule has 0 bridgehead atoms. The van der Waals surface area contributed by atoms with Gasteiger partial charge in [-0.1, -0.05) is 55.5 Å². The van der Waals surface area contributed by atoms with E-state index in [1.54, 1.807) is 0 Å². The Labute approximate surface area is 279 Å². The van der Waals surface area contributed by atoms with Gasteiger partial charge in [0, 0.05) is 24.7 Å². The van der Waals surface area contributed by atoms with Crippen molar-refractivity contribution >= 4 is 22.2 Å². The third kappa shape index (κ3) is 9.79. The fourth-order valence-corrected chi connectivity index (χ4v) is 7.63.